The fraction of sp³-hybridized carbons (Fsp3) is 0.350. The number of fused-ring (bicyclic) bond motifs is 1. The maximum absolute atomic E-state index is 12.6. The summed E-state index contributed by atoms with van der Waals surface area (Å²) < 4.78 is 7.17. The zero-order valence-corrected chi connectivity index (χ0v) is 15.6. The van der Waals surface area contributed by atoms with Gasteiger partial charge in [0.1, 0.15) is 11.6 Å². The van der Waals surface area contributed by atoms with Crippen LogP contribution in [0, 0.1) is 0 Å². The molecule has 1 aliphatic heterocycles. The van der Waals surface area contributed by atoms with Gasteiger partial charge in [-0.05, 0) is 49.8 Å². The second-order valence-corrected chi connectivity index (χ2v) is 6.99. The molecule has 4 rings (SSSR count). The Balaban J connectivity index is 1.51. The normalized spacial score (nSPS) is 17.3. The fourth-order valence-electron chi connectivity index (χ4n) is 3.53. The van der Waals surface area contributed by atoms with Crippen LogP contribution in [0.3, 0.4) is 0 Å². The summed E-state index contributed by atoms with van der Waals surface area (Å²) in [7, 11) is 3.74. The molecule has 1 fully saturated rings. The fourth-order valence-corrected chi connectivity index (χ4v) is 3.53. The van der Waals surface area contributed by atoms with E-state index in [0.717, 1.165) is 42.3 Å². The minimum absolute atomic E-state index is 0.122. The summed E-state index contributed by atoms with van der Waals surface area (Å²) in [6.45, 7) is 2.46. The van der Waals surface area contributed by atoms with E-state index in [1.165, 1.54) is 0 Å². The molecule has 0 radical (unpaired) electrons. The number of nitrogens with one attached hydrogen (secondary N) is 1. The largest absolute Gasteiger partial charge is 0.497 e. The molecule has 0 aliphatic carbocycles. The summed E-state index contributed by atoms with van der Waals surface area (Å²) in [5.74, 6) is 1.93. The summed E-state index contributed by atoms with van der Waals surface area (Å²) >= 11 is 0. The highest BCUT2D eigenvalue weighted by molar-refractivity contribution is 5.94. The lowest BCUT2D eigenvalue weighted by Gasteiger charge is -2.10. The predicted molar refractivity (Wildman–Crippen MR) is 102 cm³/mol. The summed E-state index contributed by atoms with van der Waals surface area (Å²) in [6, 6.07) is 11.3. The van der Waals surface area contributed by atoms with Gasteiger partial charge in [0.15, 0.2) is 5.65 Å². The zero-order chi connectivity index (χ0) is 18.8. The highest BCUT2D eigenvalue weighted by Crippen LogP contribution is 2.25. The quantitative estimate of drug-likeness (QED) is 0.750. The number of carbonyl (C=O) groups excluding carboxylic acids is 1. The topological polar surface area (TPSA) is 71.8 Å². The second-order valence-electron chi connectivity index (χ2n) is 6.99. The number of amides is 1. The van der Waals surface area contributed by atoms with E-state index < -0.39 is 0 Å². The first-order chi connectivity index (χ1) is 13.1. The molecule has 3 aromatic rings. The van der Waals surface area contributed by atoms with Crippen molar-refractivity contribution in [2.45, 2.75) is 18.9 Å². The molecule has 7 nitrogen and oxygen atoms in total. The van der Waals surface area contributed by atoms with Gasteiger partial charge in [0, 0.05) is 25.2 Å². The SMILES string of the molecule is COc1cccc(CNC(=O)c2ccc3nnc([C@H]4CCN(C)C4)n3c2)c1. The number of aromatic nitrogens is 3. The number of benzene rings is 1. The third-order valence-corrected chi connectivity index (χ3v) is 5.03. The maximum Gasteiger partial charge on any atom is 0.253 e. The van der Waals surface area contributed by atoms with Crippen molar-refractivity contribution in [1.29, 1.82) is 0 Å². The molecule has 1 aliphatic rings. The molecule has 3 heterocycles. The number of hydrogen-bond donors (Lipinski definition) is 1. The number of hydrogen-bond acceptors (Lipinski definition) is 5. The lowest BCUT2D eigenvalue weighted by atomic mass is 10.1. The van der Waals surface area contributed by atoms with Crippen molar-refractivity contribution in [2.24, 2.45) is 0 Å². The number of likely N-dealkylation sites (tertiary alicyclic amines) is 1. The van der Waals surface area contributed by atoms with Gasteiger partial charge in [0.2, 0.25) is 0 Å². The van der Waals surface area contributed by atoms with Gasteiger partial charge in [-0.25, -0.2) is 0 Å². The Morgan fingerprint density at radius 2 is 2.19 bits per heavy atom. The number of pyridine rings is 1. The summed E-state index contributed by atoms with van der Waals surface area (Å²) in [4.78, 5) is 14.9. The molecule has 0 spiro atoms. The predicted octanol–water partition coefficient (Wildman–Crippen LogP) is 2.09. The first-order valence-electron chi connectivity index (χ1n) is 9.08. The van der Waals surface area contributed by atoms with Crippen molar-refractivity contribution in [1.82, 2.24) is 24.8 Å². The Morgan fingerprint density at radius 1 is 1.30 bits per heavy atom. The molecule has 1 aromatic carbocycles. The molecular weight excluding hydrogens is 342 g/mol. The molecule has 1 saturated heterocycles. The van der Waals surface area contributed by atoms with Crippen LogP contribution in [0.15, 0.2) is 42.6 Å². The molecular formula is C20H23N5O2. The molecule has 27 heavy (non-hydrogen) atoms. The van der Waals surface area contributed by atoms with Crippen LogP contribution in [0.4, 0.5) is 0 Å². The summed E-state index contributed by atoms with van der Waals surface area (Å²) in [6.07, 6.45) is 2.90. The standard InChI is InChI=1S/C20H23N5O2/c1-24-9-8-15(12-24)19-23-22-18-7-6-16(13-25(18)19)20(26)21-11-14-4-3-5-17(10-14)27-2/h3-7,10,13,15H,8-9,11-12H2,1-2H3,(H,21,26)/t15-/m0/s1. The zero-order valence-electron chi connectivity index (χ0n) is 15.6. The van der Waals surface area contributed by atoms with Crippen LogP contribution in [-0.4, -0.2) is 52.7 Å². The highest BCUT2D eigenvalue weighted by atomic mass is 16.5. The van der Waals surface area contributed by atoms with Crippen LogP contribution in [0.25, 0.3) is 5.65 Å². The van der Waals surface area contributed by atoms with E-state index in [9.17, 15) is 4.79 Å². The van der Waals surface area contributed by atoms with E-state index >= 15 is 0 Å². The molecule has 1 N–H and O–H groups in total. The van der Waals surface area contributed by atoms with E-state index in [1.54, 1.807) is 13.2 Å². The molecule has 0 unspecified atom stereocenters. The number of likely N-dealkylation sites (N-methyl/N-ethyl adjacent to an activating group) is 1. The molecule has 140 valence electrons. The van der Waals surface area contributed by atoms with Crippen molar-refractivity contribution >= 4 is 11.6 Å². The van der Waals surface area contributed by atoms with Crippen molar-refractivity contribution in [3.05, 3.63) is 59.5 Å². The first-order valence-corrected chi connectivity index (χ1v) is 9.08. The smallest absolute Gasteiger partial charge is 0.253 e. The van der Waals surface area contributed by atoms with Gasteiger partial charge in [-0.1, -0.05) is 12.1 Å². The Hall–Kier alpha value is -2.93. The molecule has 7 heteroatoms. The number of ether oxygens (including phenoxy) is 1. The van der Waals surface area contributed by atoms with Crippen molar-refractivity contribution in [2.75, 3.05) is 27.2 Å². The first kappa shape index (κ1) is 17.5. The van der Waals surface area contributed by atoms with Crippen LogP contribution in [0.5, 0.6) is 5.75 Å². The van der Waals surface area contributed by atoms with Gasteiger partial charge in [-0.15, -0.1) is 10.2 Å². The maximum atomic E-state index is 12.6. The van der Waals surface area contributed by atoms with Gasteiger partial charge in [-0.2, -0.15) is 0 Å². The highest BCUT2D eigenvalue weighted by Gasteiger charge is 2.25. The van der Waals surface area contributed by atoms with E-state index in [2.05, 4.69) is 27.5 Å². The van der Waals surface area contributed by atoms with Crippen LogP contribution in [0.1, 0.15) is 34.1 Å². The van der Waals surface area contributed by atoms with Crippen LogP contribution in [0.2, 0.25) is 0 Å². The number of methoxy groups -OCH3 is 1. The number of carbonyl (C=O) groups is 1. The van der Waals surface area contributed by atoms with E-state index in [1.807, 2.05) is 40.9 Å². The van der Waals surface area contributed by atoms with Crippen molar-refractivity contribution < 1.29 is 9.53 Å². The lowest BCUT2D eigenvalue weighted by molar-refractivity contribution is 0.0950. The van der Waals surface area contributed by atoms with Gasteiger partial charge < -0.3 is 15.0 Å². The molecule has 0 saturated carbocycles. The van der Waals surface area contributed by atoms with Crippen molar-refractivity contribution in [3.63, 3.8) is 0 Å². The average Bonchev–Trinajstić information content (AvgIpc) is 3.31. The van der Waals surface area contributed by atoms with Crippen molar-refractivity contribution in [3.8, 4) is 5.75 Å². The van der Waals surface area contributed by atoms with Gasteiger partial charge in [-0.3, -0.25) is 9.20 Å². The molecule has 2 aromatic heterocycles. The molecule has 1 atom stereocenters. The number of rotatable bonds is 5. The lowest BCUT2D eigenvalue weighted by Crippen LogP contribution is -2.23. The van der Waals surface area contributed by atoms with Crippen LogP contribution >= 0.6 is 0 Å². The molecule has 0 bridgehead atoms. The van der Waals surface area contributed by atoms with Crippen LogP contribution in [-0.2, 0) is 6.54 Å². The average molecular weight is 365 g/mol. The van der Waals surface area contributed by atoms with Gasteiger partial charge >= 0.3 is 0 Å². The van der Waals surface area contributed by atoms with E-state index in [-0.39, 0.29) is 5.91 Å². The van der Waals surface area contributed by atoms with E-state index in [4.69, 9.17) is 4.74 Å². The summed E-state index contributed by atoms with van der Waals surface area (Å²) in [5.41, 5.74) is 2.35. The third kappa shape index (κ3) is 3.64. The summed E-state index contributed by atoms with van der Waals surface area (Å²) in [5, 5.41) is 11.6. The molecule has 1 amide bonds. The monoisotopic (exact) mass is 365 g/mol. The Kier molecular flexibility index (Phi) is 4.77. The minimum atomic E-state index is -0.122. The Bertz CT molecular complexity index is 968. The van der Waals surface area contributed by atoms with Gasteiger partial charge in [0.25, 0.3) is 5.91 Å². The Labute approximate surface area is 158 Å². The minimum Gasteiger partial charge on any atom is -0.497 e. The second kappa shape index (κ2) is 7.36. The van der Waals surface area contributed by atoms with E-state index in [0.29, 0.717) is 18.0 Å². The van der Waals surface area contributed by atoms with Gasteiger partial charge in [0.05, 0.1) is 12.7 Å². The number of nitrogens with zero attached hydrogens (tertiary/aromatic N) is 4. The third-order valence-electron chi connectivity index (χ3n) is 5.03. The van der Waals surface area contributed by atoms with Crippen LogP contribution < -0.4 is 10.1 Å². The Morgan fingerprint density at radius 3 is 2.96 bits per heavy atom.